The van der Waals surface area contributed by atoms with Gasteiger partial charge in [0.05, 0.1) is 0 Å². The molecule has 0 saturated carbocycles. The molecular formula is C9H15N2OP. The van der Waals surface area contributed by atoms with Gasteiger partial charge in [0.2, 0.25) is 5.91 Å². The number of nitrogens with zero attached hydrogens (tertiary/aromatic N) is 2. The number of rotatable bonds is 1. The molecule has 72 valence electrons. The molecule has 1 fully saturated rings. The van der Waals surface area contributed by atoms with Gasteiger partial charge in [0.25, 0.3) is 0 Å². The minimum absolute atomic E-state index is 0.195. The van der Waals surface area contributed by atoms with E-state index < -0.39 is 0 Å². The molecule has 2 rings (SSSR count). The predicted octanol–water partition coefficient (Wildman–Crippen LogP) is 0.902. The van der Waals surface area contributed by atoms with Crippen LogP contribution in [0.15, 0.2) is 4.99 Å². The van der Waals surface area contributed by atoms with Crippen molar-refractivity contribution in [3.63, 3.8) is 0 Å². The van der Waals surface area contributed by atoms with E-state index in [9.17, 15) is 4.79 Å². The van der Waals surface area contributed by atoms with Gasteiger partial charge in [-0.3, -0.25) is 14.7 Å². The molecule has 2 aliphatic heterocycles. The zero-order valence-electron chi connectivity index (χ0n) is 7.70. The molecule has 0 radical (unpaired) electrons. The first kappa shape index (κ1) is 9.14. The van der Waals surface area contributed by atoms with Gasteiger partial charge in [0.15, 0.2) is 0 Å². The molecule has 0 bridgehead atoms. The summed E-state index contributed by atoms with van der Waals surface area (Å²) in [4.78, 5) is 17.6. The van der Waals surface area contributed by atoms with Crippen molar-refractivity contribution in [3.05, 3.63) is 0 Å². The summed E-state index contributed by atoms with van der Waals surface area (Å²) >= 11 is 0. The number of aliphatic imine (C=N–C) groups is 1. The Hall–Kier alpha value is -0.430. The fourth-order valence-corrected chi connectivity index (χ4v) is 2.50. The third-order valence-corrected chi connectivity index (χ3v) is 3.36. The Labute approximate surface area is 80.8 Å². The molecule has 2 unspecified atom stereocenters. The standard InChI is InChI=1S/C9H15N2OP/c12-8-5-10-9-7(6-13)3-1-2-4-11(8)9/h7H,1-6,13H2. The minimum Gasteiger partial charge on any atom is -0.299 e. The molecule has 0 aromatic carbocycles. The highest BCUT2D eigenvalue weighted by molar-refractivity contribution is 7.16. The Balaban J connectivity index is 2.20. The second-order valence-electron chi connectivity index (χ2n) is 3.65. The Morgan fingerprint density at radius 1 is 1.54 bits per heavy atom. The lowest BCUT2D eigenvalue weighted by atomic mass is 10.0. The lowest BCUT2D eigenvalue weighted by Gasteiger charge is -2.19. The van der Waals surface area contributed by atoms with Gasteiger partial charge in [0.1, 0.15) is 12.4 Å². The van der Waals surface area contributed by atoms with Gasteiger partial charge >= 0.3 is 0 Å². The molecule has 0 aliphatic carbocycles. The van der Waals surface area contributed by atoms with Crippen LogP contribution in [-0.4, -0.2) is 35.9 Å². The van der Waals surface area contributed by atoms with E-state index in [1.807, 2.05) is 4.90 Å². The van der Waals surface area contributed by atoms with E-state index in [1.165, 1.54) is 12.8 Å². The predicted molar refractivity (Wildman–Crippen MR) is 55.9 cm³/mol. The van der Waals surface area contributed by atoms with Crippen molar-refractivity contribution in [1.29, 1.82) is 0 Å². The Bertz CT molecular complexity index is 252. The van der Waals surface area contributed by atoms with Crippen LogP contribution in [0.1, 0.15) is 19.3 Å². The molecule has 13 heavy (non-hydrogen) atoms. The van der Waals surface area contributed by atoms with Crippen molar-refractivity contribution in [1.82, 2.24) is 4.90 Å². The lowest BCUT2D eigenvalue weighted by molar-refractivity contribution is -0.124. The largest absolute Gasteiger partial charge is 0.299 e. The van der Waals surface area contributed by atoms with E-state index in [0.717, 1.165) is 25.0 Å². The lowest BCUT2D eigenvalue weighted by Crippen LogP contribution is -2.36. The molecule has 2 heterocycles. The average molecular weight is 198 g/mol. The van der Waals surface area contributed by atoms with Gasteiger partial charge in [-0.25, -0.2) is 0 Å². The molecule has 0 aromatic rings. The topological polar surface area (TPSA) is 32.7 Å². The van der Waals surface area contributed by atoms with Crippen LogP contribution in [0.25, 0.3) is 0 Å². The van der Waals surface area contributed by atoms with Crippen LogP contribution in [0.2, 0.25) is 0 Å². The van der Waals surface area contributed by atoms with Crippen LogP contribution in [-0.2, 0) is 4.79 Å². The van der Waals surface area contributed by atoms with Gasteiger partial charge in [-0.05, 0) is 19.0 Å². The molecule has 1 saturated heterocycles. The monoisotopic (exact) mass is 198 g/mol. The summed E-state index contributed by atoms with van der Waals surface area (Å²) in [6.07, 6.45) is 4.57. The maximum Gasteiger partial charge on any atom is 0.249 e. The summed E-state index contributed by atoms with van der Waals surface area (Å²) in [5, 5.41) is 0. The van der Waals surface area contributed by atoms with Crippen molar-refractivity contribution in [2.75, 3.05) is 19.3 Å². The number of carbonyl (C=O) groups is 1. The summed E-state index contributed by atoms with van der Waals surface area (Å²) in [5.74, 6) is 1.75. The van der Waals surface area contributed by atoms with E-state index >= 15 is 0 Å². The molecule has 2 aliphatic rings. The third-order valence-electron chi connectivity index (χ3n) is 2.79. The first-order valence-electron chi connectivity index (χ1n) is 4.87. The molecule has 4 heteroatoms. The fourth-order valence-electron chi connectivity index (χ4n) is 2.05. The second kappa shape index (κ2) is 3.75. The first-order chi connectivity index (χ1) is 6.33. The highest BCUT2D eigenvalue weighted by Gasteiger charge is 2.31. The van der Waals surface area contributed by atoms with Crippen molar-refractivity contribution in [2.45, 2.75) is 19.3 Å². The van der Waals surface area contributed by atoms with Crippen molar-refractivity contribution >= 4 is 21.0 Å². The first-order valence-corrected chi connectivity index (χ1v) is 5.69. The average Bonchev–Trinajstić information content (AvgIpc) is 2.39. The van der Waals surface area contributed by atoms with Crippen molar-refractivity contribution < 1.29 is 4.79 Å². The second-order valence-corrected chi connectivity index (χ2v) is 4.12. The highest BCUT2D eigenvalue weighted by Crippen LogP contribution is 2.23. The van der Waals surface area contributed by atoms with Crippen LogP contribution in [0.3, 0.4) is 0 Å². The van der Waals surface area contributed by atoms with Gasteiger partial charge in [-0.2, -0.15) is 0 Å². The molecule has 3 nitrogen and oxygen atoms in total. The molecule has 0 aromatic heterocycles. The zero-order valence-corrected chi connectivity index (χ0v) is 8.85. The van der Waals surface area contributed by atoms with Gasteiger partial charge in [-0.1, -0.05) is 6.42 Å². The SMILES string of the molecule is O=C1CN=C2C(CP)CCCCN12. The van der Waals surface area contributed by atoms with Gasteiger partial charge in [-0.15, -0.1) is 9.24 Å². The summed E-state index contributed by atoms with van der Waals surface area (Å²) in [6.45, 7) is 1.27. The Morgan fingerprint density at radius 2 is 2.38 bits per heavy atom. The van der Waals surface area contributed by atoms with E-state index in [2.05, 4.69) is 14.2 Å². The molecule has 1 amide bonds. The molecule has 0 spiro atoms. The van der Waals surface area contributed by atoms with Crippen LogP contribution in [0, 0.1) is 5.92 Å². The van der Waals surface area contributed by atoms with Gasteiger partial charge < -0.3 is 0 Å². The van der Waals surface area contributed by atoms with Crippen molar-refractivity contribution in [3.8, 4) is 0 Å². The fraction of sp³-hybridized carbons (Fsp3) is 0.778. The normalized spacial score (nSPS) is 28.4. The number of carbonyl (C=O) groups excluding carboxylic acids is 1. The highest BCUT2D eigenvalue weighted by atomic mass is 31.0. The molecule has 0 N–H and O–H groups in total. The molecule has 2 atom stereocenters. The number of amides is 1. The van der Waals surface area contributed by atoms with Gasteiger partial charge in [0, 0.05) is 12.5 Å². The van der Waals surface area contributed by atoms with E-state index in [0.29, 0.717) is 12.5 Å². The number of fused-ring (bicyclic) bond motifs is 1. The minimum atomic E-state index is 0.195. The number of hydrogen-bond acceptors (Lipinski definition) is 2. The van der Waals surface area contributed by atoms with Crippen LogP contribution in [0.5, 0.6) is 0 Å². The number of hydrogen-bond donors (Lipinski definition) is 0. The Kier molecular flexibility index (Phi) is 2.63. The third kappa shape index (κ3) is 1.62. The summed E-state index contributed by atoms with van der Waals surface area (Å²) in [7, 11) is 2.76. The van der Waals surface area contributed by atoms with E-state index in [4.69, 9.17) is 0 Å². The maximum atomic E-state index is 11.4. The molecular weight excluding hydrogens is 183 g/mol. The smallest absolute Gasteiger partial charge is 0.249 e. The summed E-state index contributed by atoms with van der Waals surface area (Å²) < 4.78 is 0. The van der Waals surface area contributed by atoms with Crippen LogP contribution in [0.4, 0.5) is 0 Å². The quantitative estimate of drug-likeness (QED) is 0.576. The summed E-state index contributed by atoms with van der Waals surface area (Å²) in [5.41, 5.74) is 0. The Morgan fingerprint density at radius 3 is 3.15 bits per heavy atom. The van der Waals surface area contributed by atoms with E-state index in [-0.39, 0.29) is 5.91 Å². The van der Waals surface area contributed by atoms with E-state index in [1.54, 1.807) is 0 Å². The van der Waals surface area contributed by atoms with Crippen molar-refractivity contribution in [2.24, 2.45) is 10.9 Å². The zero-order chi connectivity index (χ0) is 9.26. The summed E-state index contributed by atoms with van der Waals surface area (Å²) in [6, 6.07) is 0. The maximum absolute atomic E-state index is 11.4. The van der Waals surface area contributed by atoms with Crippen LogP contribution >= 0.6 is 9.24 Å². The number of amidine groups is 1. The van der Waals surface area contributed by atoms with Crippen LogP contribution < -0.4 is 0 Å².